The summed E-state index contributed by atoms with van der Waals surface area (Å²) in [5, 5.41) is 6.49. The lowest BCUT2D eigenvalue weighted by molar-refractivity contribution is -0.125. The average molecular weight is 365 g/mol. The Labute approximate surface area is 153 Å². The molecule has 2 aliphatic rings. The molecular formula is C19H25ClN2O3. The number of anilines is 1. The van der Waals surface area contributed by atoms with E-state index in [1.54, 1.807) is 25.3 Å². The zero-order valence-corrected chi connectivity index (χ0v) is 15.3. The maximum atomic E-state index is 12.4. The highest BCUT2D eigenvalue weighted by Gasteiger charge is 2.48. The van der Waals surface area contributed by atoms with Gasteiger partial charge in [-0.15, -0.1) is 0 Å². The molecule has 1 aromatic carbocycles. The second kappa shape index (κ2) is 8.09. The molecule has 2 aliphatic carbocycles. The minimum Gasteiger partial charge on any atom is -0.495 e. The standard InChI is InChI=1S/C19H25ClN2O3/c1-25-17-9-8-12(20)10-16(17)22-19(24)15-11-14(15)18(23)21-13-6-4-2-3-5-7-13/h8-10,13-15H,2-7,11H2,1H3,(H,21,23)(H,22,24). The van der Waals surface area contributed by atoms with Gasteiger partial charge in [0.25, 0.3) is 0 Å². The van der Waals surface area contributed by atoms with Crippen LogP contribution in [0, 0.1) is 11.8 Å². The third kappa shape index (κ3) is 4.66. The van der Waals surface area contributed by atoms with E-state index in [9.17, 15) is 9.59 Å². The molecule has 0 bridgehead atoms. The molecule has 2 atom stereocenters. The van der Waals surface area contributed by atoms with Gasteiger partial charge >= 0.3 is 0 Å². The van der Waals surface area contributed by atoms with Crippen LogP contribution in [0.15, 0.2) is 18.2 Å². The Morgan fingerprint density at radius 3 is 2.44 bits per heavy atom. The molecule has 0 saturated heterocycles. The van der Waals surface area contributed by atoms with E-state index in [0.29, 0.717) is 22.9 Å². The highest BCUT2D eigenvalue weighted by Crippen LogP contribution is 2.40. The summed E-state index contributed by atoms with van der Waals surface area (Å²) in [7, 11) is 1.54. The molecule has 136 valence electrons. The average Bonchev–Trinajstić information content (AvgIpc) is 3.40. The van der Waals surface area contributed by atoms with E-state index in [-0.39, 0.29) is 29.7 Å². The second-order valence-corrected chi connectivity index (χ2v) is 7.42. The lowest BCUT2D eigenvalue weighted by Gasteiger charge is -2.16. The van der Waals surface area contributed by atoms with Crippen molar-refractivity contribution in [3.63, 3.8) is 0 Å². The molecule has 1 aromatic rings. The quantitative estimate of drug-likeness (QED) is 0.781. The maximum Gasteiger partial charge on any atom is 0.228 e. The van der Waals surface area contributed by atoms with Gasteiger partial charge in [0.05, 0.1) is 24.6 Å². The summed E-state index contributed by atoms with van der Waals surface area (Å²) < 4.78 is 5.24. The van der Waals surface area contributed by atoms with Crippen molar-refractivity contribution in [1.29, 1.82) is 0 Å². The zero-order valence-electron chi connectivity index (χ0n) is 14.5. The van der Waals surface area contributed by atoms with E-state index in [1.165, 1.54) is 25.7 Å². The van der Waals surface area contributed by atoms with Crippen LogP contribution in [0.1, 0.15) is 44.9 Å². The molecule has 0 spiro atoms. The molecule has 25 heavy (non-hydrogen) atoms. The second-order valence-electron chi connectivity index (χ2n) is 6.98. The van der Waals surface area contributed by atoms with E-state index in [4.69, 9.17) is 16.3 Å². The normalized spacial score (nSPS) is 23.4. The summed E-state index contributed by atoms with van der Waals surface area (Å²) in [4.78, 5) is 24.8. The summed E-state index contributed by atoms with van der Waals surface area (Å²) in [5.74, 6) is -0.0625. The van der Waals surface area contributed by atoms with E-state index >= 15 is 0 Å². The third-order valence-corrected chi connectivity index (χ3v) is 5.32. The monoisotopic (exact) mass is 364 g/mol. The topological polar surface area (TPSA) is 67.4 Å². The molecule has 3 rings (SSSR count). The van der Waals surface area contributed by atoms with Crippen LogP contribution in [-0.4, -0.2) is 25.0 Å². The molecule has 2 fully saturated rings. The molecule has 2 saturated carbocycles. The number of nitrogens with one attached hydrogen (secondary N) is 2. The van der Waals surface area contributed by atoms with Gasteiger partial charge in [-0.3, -0.25) is 9.59 Å². The highest BCUT2D eigenvalue weighted by atomic mass is 35.5. The molecule has 0 aromatic heterocycles. The van der Waals surface area contributed by atoms with Gasteiger partial charge in [-0.25, -0.2) is 0 Å². The summed E-state index contributed by atoms with van der Waals surface area (Å²) in [6, 6.07) is 5.34. The number of benzene rings is 1. The van der Waals surface area contributed by atoms with Gasteiger partial charge in [0.2, 0.25) is 11.8 Å². The van der Waals surface area contributed by atoms with E-state index in [1.807, 2.05) is 0 Å². The van der Waals surface area contributed by atoms with Crippen LogP contribution in [0.5, 0.6) is 5.75 Å². The maximum absolute atomic E-state index is 12.4. The first-order valence-electron chi connectivity index (χ1n) is 9.03. The third-order valence-electron chi connectivity index (χ3n) is 5.08. The smallest absolute Gasteiger partial charge is 0.228 e. The number of halogens is 1. The Morgan fingerprint density at radius 1 is 1.08 bits per heavy atom. The predicted molar refractivity (Wildman–Crippen MR) is 97.9 cm³/mol. The number of carbonyl (C=O) groups excluding carboxylic acids is 2. The summed E-state index contributed by atoms with van der Waals surface area (Å²) in [6.45, 7) is 0. The van der Waals surface area contributed by atoms with Crippen molar-refractivity contribution in [3.05, 3.63) is 23.2 Å². The lowest BCUT2D eigenvalue weighted by atomic mass is 10.1. The van der Waals surface area contributed by atoms with E-state index in [0.717, 1.165) is 12.8 Å². The van der Waals surface area contributed by atoms with Crippen molar-refractivity contribution in [2.75, 3.05) is 12.4 Å². The van der Waals surface area contributed by atoms with Gasteiger partial charge in [-0.1, -0.05) is 37.3 Å². The van der Waals surface area contributed by atoms with Crippen molar-refractivity contribution in [3.8, 4) is 5.75 Å². The molecule has 0 heterocycles. The Morgan fingerprint density at radius 2 is 1.76 bits per heavy atom. The van der Waals surface area contributed by atoms with Crippen LogP contribution in [0.25, 0.3) is 0 Å². The number of ether oxygens (including phenoxy) is 1. The number of carbonyl (C=O) groups is 2. The SMILES string of the molecule is COc1ccc(Cl)cc1NC(=O)C1CC1C(=O)NC1CCCCCC1. The van der Waals surface area contributed by atoms with E-state index in [2.05, 4.69) is 10.6 Å². The lowest BCUT2D eigenvalue weighted by Crippen LogP contribution is -2.36. The van der Waals surface area contributed by atoms with Crippen molar-refractivity contribution in [2.24, 2.45) is 11.8 Å². The first-order chi connectivity index (χ1) is 12.1. The van der Waals surface area contributed by atoms with E-state index < -0.39 is 0 Å². The van der Waals surface area contributed by atoms with Gasteiger partial charge in [0.15, 0.2) is 0 Å². The summed E-state index contributed by atoms with van der Waals surface area (Å²) in [6.07, 6.45) is 7.56. The fourth-order valence-corrected chi connectivity index (χ4v) is 3.68. The van der Waals surface area contributed by atoms with Crippen LogP contribution >= 0.6 is 11.6 Å². The Hall–Kier alpha value is -1.75. The van der Waals surface area contributed by atoms with Crippen LogP contribution in [-0.2, 0) is 9.59 Å². The van der Waals surface area contributed by atoms with Crippen molar-refractivity contribution >= 4 is 29.1 Å². The Kier molecular flexibility index (Phi) is 5.84. The molecule has 0 radical (unpaired) electrons. The van der Waals surface area contributed by atoms with Crippen molar-refractivity contribution in [2.45, 2.75) is 51.0 Å². The fourth-order valence-electron chi connectivity index (χ4n) is 3.51. The number of hydrogen-bond acceptors (Lipinski definition) is 3. The number of amides is 2. The molecule has 5 nitrogen and oxygen atoms in total. The van der Waals surface area contributed by atoms with Crippen molar-refractivity contribution in [1.82, 2.24) is 5.32 Å². The van der Waals surface area contributed by atoms with Gasteiger partial charge < -0.3 is 15.4 Å². The Bertz CT molecular complexity index is 642. The summed E-state index contributed by atoms with van der Waals surface area (Å²) >= 11 is 5.98. The van der Waals surface area contributed by atoms with Gasteiger partial charge in [0, 0.05) is 11.1 Å². The fraction of sp³-hybridized carbons (Fsp3) is 0.579. The van der Waals surface area contributed by atoms with Crippen LogP contribution < -0.4 is 15.4 Å². The number of hydrogen-bond donors (Lipinski definition) is 2. The molecule has 2 N–H and O–H groups in total. The summed E-state index contributed by atoms with van der Waals surface area (Å²) in [5.41, 5.74) is 0.537. The van der Waals surface area contributed by atoms with Gasteiger partial charge in [-0.05, 0) is 37.5 Å². The van der Waals surface area contributed by atoms with Crippen molar-refractivity contribution < 1.29 is 14.3 Å². The minimum atomic E-state index is -0.269. The minimum absolute atomic E-state index is 0.0186. The molecule has 6 heteroatoms. The zero-order chi connectivity index (χ0) is 17.8. The largest absolute Gasteiger partial charge is 0.495 e. The molecule has 0 aliphatic heterocycles. The van der Waals surface area contributed by atoms with Gasteiger partial charge in [-0.2, -0.15) is 0 Å². The molecule has 2 unspecified atom stereocenters. The van der Waals surface area contributed by atoms with Gasteiger partial charge in [0.1, 0.15) is 5.75 Å². The van der Waals surface area contributed by atoms with Crippen LogP contribution in [0.3, 0.4) is 0 Å². The first kappa shape index (κ1) is 18.1. The highest BCUT2D eigenvalue weighted by molar-refractivity contribution is 6.31. The van der Waals surface area contributed by atoms with Crippen LogP contribution in [0.2, 0.25) is 5.02 Å². The predicted octanol–water partition coefficient (Wildman–Crippen LogP) is 3.76. The molecular weight excluding hydrogens is 340 g/mol. The first-order valence-corrected chi connectivity index (χ1v) is 9.41. The van der Waals surface area contributed by atoms with Crippen LogP contribution in [0.4, 0.5) is 5.69 Å². The Balaban J connectivity index is 1.53. The number of methoxy groups -OCH3 is 1. The number of rotatable bonds is 5. The molecule has 2 amide bonds.